The van der Waals surface area contributed by atoms with Crippen LogP contribution in [0.4, 0.5) is 0 Å². The van der Waals surface area contributed by atoms with Crippen molar-refractivity contribution in [2.24, 2.45) is 5.73 Å². The summed E-state index contributed by atoms with van der Waals surface area (Å²) in [6.07, 6.45) is -2.49. The molecule has 4 unspecified atom stereocenters. The highest BCUT2D eigenvalue weighted by Crippen LogP contribution is 2.22. The Hall–Kier alpha value is -0.500. The predicted molar refractivity (Wildman–Crippen MR) is 55.8 cm³/mol. The van der Waals surface area contributed by atoms with E-state index in [0.717, 1.165) is 0 Å². The van der Waals surface area contributed by atoms with Crippen LogP contribution in [0.1, 0.15) is 6.92 Å². The highest BCUT2D eigenvalue weighted by molar-refractivity contribution is 7.32. The molecule has 1 amide bonds. The van der Waals surface area contributed by atoms with Crippen molar-refractivity contribution in [3.8, 4) is 0 Å². The zero-order chi connectivity index (χ0) is 12.7. The van der Waals surface area contributed by atoms with E-state index in [2.05, 4.69) is 9.84 Å². The van der Waals surface area contributed by atoms with Crippen molar-refractivity contribution in [1.82, 2.24) is 5.32 Å². The Bertz CT molecular complexity index is 251. The Balaban J connectivity index is 4.67. The number of rotatable bonds is 7. The summed E-state index contributed by atoms with van der Waals surface area (Å²) >= 11 is 0. The van der Waals surface area contributed by atoms with Crippen molar-refractivity contribution in [3.05, 3.63) is 0 Å². The SMILES string of the molecule is CC(=O)NC(CO)C(O[PH](=O)O)C(O)CN. The van der Waals surface area contributed by atoms with Gasteiger partial charge in [0.1, 0.15) is 6.10 Å². The molecule has 0 bridgehead atoms. The maximum Gasteiger partial charge on any atom is 0.317 e. The molecule has 0 spiro atoms. The summed E-state index contributed by atoms with van der Waals surface area (Å²) in [7, 11) is -3.31. The van der Waals surface area contributed by atoms with Crippen molar-refractivity contribution in [2.75, 3.05) is 13.2 Å². The zero-order valence-corrected chi connectivity index (χ0v) is 9.79. The Labute approximate surface area is 93.4 Å². The predicted octanol–water partition coefficient (Wildman–Crippen LogP) is -2.43. The van der Waals surface area contributed by atoms with Crippen molar-refractivity contribution in [1.29, 1.82) is 0 Å². The molecule has 0 radical (unpaired) electrons. The molecular formula is C7H17N2O6P. The second-order valence-corrected chi connectivity index (χ2v) is 3.91. The third-order valence-corrected chi connectivity index (χ3v) is 2.31. The average molecular weight is 256 g/mol. The number of hydrogen-bond donors (Lipinski definition) is 5. The summed E-state index contributed by atoms with van der Waals surface area (Å²) in [5, 5.41) is 20.7. The average Bonchev–Trinajstić information content (AvgIpc) is 2.21. The molecule has 0 aromatic carbocycles. The molecule has 0 fully saturated rings. The molecule has 0 heterocycles. The summed E-state index contributed by atoms with van der Waals surface area (Å²) in [6.45, 7) is 0.433. The number of aliphatic hydroxyl groups is 2. The number of amides is 1. The molecule has 8 nitrogen and oxygen atoms in total. The van der Waals surface area contributed by atoms with E-state index in [1.54, 1.807) is 0 Å². The molecule has 9 heteroatoms. The Morgan fingerprint density at radius 2 is 2.19 bits per heavy atom. The fourth-order valence-corrected chi connectivity index (χ4v) is 1.73. The van der Waals surface area contributed by atoms with Crippen LogP contribution >= 0.6 is 8.25 Å². The highest BCUT2D eigenvalue weighted by atomic mass is 31.1. The van der Waals surface area contributed by atoms with Crippen molar-refractivity contribution < 1.29 is 29.0 Å². The number of nitrogens with one attached hydrogen (secondary N) is 1. The molecule has 0 aliphatic carbocycles. The van der Waals surface area contributed by atoms with Crippen LogP contribution in [0.25, 0.3) is 0 Å². The lowest BCUT2D eigenvalue weighted by Gasteiger charge is -2.28. The van der Waals surface area contributed by atoms with Gasteiger partial charge in [0, 0.05) is 13.5 Å². The third kappa shape index (κ3) is 5.55. The van der Waals surface area contributed by atoms with Gasteiger partial charge in [0.2, 0.25) is 5.91 Å². The standard InChI is InChI=1S/C7H17N2O6P/c1-4(11)9-5(3-10)7(6(12)2-8)15-16(13)14/h5-7,10,12,16H,2-3,8H2,1H3,(H,9,11)(H,13,14). The molecule has 0 aliphatic heterocycles. The van der Waals surface area contributed by atoms with Gasteiger partial charge in [0.05, 0.1) is 18.8 Å². The third-order valence-electron chi connectivity index (χ3n) is 1.84. The number of aliphatic hydroxyl groups excluding tert-OH is 2. The van der Waals surface area contributed by atoms with E-state index in [0.29, 0.717) is 0 Å². The highest BCUT2D eigenvalue weighted by Gasteiger charge is 2.30. The van der Waals surface area contributed by atoms with Gasteiger partial charge in [-0.1, -0.05) is 0 Å². The minimum atomic E-state index is -3.31. The molecule has 0 saturated heterocycles. The first kappa shape index (κ1) is 15.5. The first-order valence-corrected chi connectivity index (χ1v) is 5.84. The molecule has 4 atom stereocenters. The van der Waals surface area contributed by atoms with Gasteiger partial charge in [-0.05, 0) is 0 Å². The van der Waals surface area contributed by atoms with Crippen LogP contribution in [0.2, 0.25) is 0 Å². The maximum atomic E-state index is 10.8. The van der Waals surface area contributed by atoms with E-state index in [4.69, 9.17) is 15.7 Å². The number of nitrogens with two attached hydrogens (primary N) is 1. The Morgan fingerprint density at radius 3 is 2.50 bits per heavy atom. The van der Waals surface area contributed by atoms with Crippen molar-refractivity contribution in [2.45, 2.75) is 25.2 Å². The largest absolute Gasteiger partial charge is 0.394 e. The lowest BCUT2D eigenvalue weighted by Crippen LogP contribution is -2.52. The van der Waals surface area contributed by atoms with Gasteiger partial charge < -0.3 is 30.7 Å². The van der Waals surface area contributed by atoms with Gasteiger partial charge in [-0.3, -0.25) is 9.36 Å². The minimum absolute atomic E-state index is 0.226. The lowest BCUT2D eigenvalue weighted by atomic mass is 10.1. The number of carbonyl (C=O) groups is 1. The van der Waals surface area contributed by atoms with Gasteiger partial charge >= 0.3 is 8.25 Å². The van der Waals surface area contributed by atoms with E-state index in [-0.39, 0.29) is 6.54 Å². The number of carbonyl (C=O) groups excluding carboxylic acids is 1. The lowest BCUT2D eigenvalue weighted by molar-refractivity contribution is -0.121. The molecule has 16 heavy (non-hydrogen) atoms. The van der Waals surface area contributed by atoms with Gasteiger partial charge in [0.25, 0.3) is 0 Å². The minimum Gasteiger partial charge on any atom is -0.394 e. The van der Waals surface area contributed by atoms with Gasteiger partial charge in [0.15, 0.2) is 0 Å². The molecule has 0 aromatic rings. The summed E-state index contributed by atoms with van der Waals surface area (Å²) in [4.78, 5) is 19.4. The first-order chi connectivity index (χ1) is 7.42. The van der Waals surface area contributed by atoms with E-state index in [1.165, 1.54) is 6.92 Å². The van der Waals surface area contributed by atoms with Crippen LogP contribution in [-0.2, 0) is 13.9 Å². The molecule has 96 valence electrons. The van der Waals surface area contributed by atoms with E-state index >= 15 is 0 Å². The fourth-order valence-electron chi connectivity index (χ4n) is 1.17. The Kier molecular flexibility index (Phi) is 7.48. The van der Waals surface area contributed by atoms with Crippen molar-refractivity contribution in [3.63, 3.8) is 0 Å². The van der Waals surface area contributed by atoms with E-state index in [1.807, 2.05) is 0 Å². The number of hydrogen-bond acceptors (Lipinski definition) is 6. The monoisotopic (exact) mass is 256 g/mol. The molecule has 0 saturated carbocycles. The Morgan fingerprint density at radius 1 is 1.62 bits per heavy atom. The van der Waals surface area contributed by atoms with Gasteiger partial charge in [-0.15, -0.1) is 0 Å². The fraction of sp³-hybridized carbons (Fsp3) is 0.857. The van der Waals surface area contributed by atoms with Crippen LogP contribution < -0.4 is 11.1 Å². The van der Waals surface area contributed by atoms with Crippen LogP contribution in [0.5, 0.6) is 0 Å². The summed E-state index contributed by atoms with van der Waals surface area (Å²) < 4.78 is 15.1. The molecule has 0 aliphatic rings. The zero-order valence-electron chi connectivity index (χ0n) is 8.79. The summed E-state index contributed by atoms with van der Waals surface area (Å²) in [6, 6.07) is -0.989. The molecule has 6 N–H and O–H groups in total. The smallest absolute Gasteiger partial charge is 0.317 e. The topological polar surface area (TPSA) is 142 Å². The van der Waals surface area contributed by atoms with Crippen LogP contribution in [0.15, 0.2) is 0 Å². The first-order valence-electron chi connectivity index (χ1n) is 4.58. The van der Waals surface area contributed by atoms with Crippen molar-refractivity contribution >= 4 is 14.2 Å². The van der Waals surface area contributed by atoms with E-state index in [9.17, 15) is 14.5 Å². The molecule has 0 aromatic heterocycles. The van der Waals surface area contributed by atoms with Gasteiger partial charge in [-0.25, -0.2) is 0 Å². The normalized spacial score (nSPS) is 18.6. The van der Waals surface area contributed by atoms with Gasteiger partial charge in [-0.2, -0.15) is 0 Å². The second-order valence-electron chi connectivity index (χ2n) is 3.14. The summed E-state index contributed by atoms with van der Waals surface area (Å²) in [5.41, 5.74) is 5.18. The quantitative estimate of drug-likeness (QED) is 0.319. The molecule has 0 rings (SSSR count). The summed E-state index contributed by atoms with van der Waals surface area (Å²) in [5.74, 6) is -0.463. The molecular weight excluding hydrogens is 239 g/mol. The van der Waals surface area contributed by atoms with Crippen LogP contribution in [0.3, 0.4) is 0 Å². The van der Waals surface area contributed by atoms with E-state index < -0.39 is 39.0 Å². The van der Waals surface area contributed by atoms with Crippen LogP contribution in [-0.4, -0.2) is 52.4 Å². The maximum absolute atomic E-state index is 10.8. The van der Waals surface area contributed by atoms with Crippen LogP contribution in [0, 0.1) is 0 Å². The second kappa shape index (κ2) is 7.72.